The molecule has 0 spiro atoms. The summed E-state index contributed by atoms with van der Waals surface area (Å²) in [5.41, 5.74) is 2.02. The fourth-order valence-corrected chi connectivity index (χ4v) is 2.06. The number of carbonyl (C=O) groups excluding carboxylic acids is 1. The summed E-state index contributed by atoms with van der Waals surface area (Å²) in [6.45, 7) is 0.745. The molecule has 3 nitrogen and oxygen atoms in total. The van der Waals surface area contributed by atoms with E-state index in [-0.39, 0.29) is 5.69 Å². The number of nitrogens with one attached hydrogen (secondary N) is 1. The van der Waals surface area contributed by atoms with Crippen molar-refractivity contribution in [1.82, 2.24) is 9.88 Å². The van der Waals surface area contributed by atoms with Gasteiger partial charge in [0.1, 0.15) is 12.2 Å². The molecule has 2 rings (SSSR count). The molecule has 0 fully saturated rings. The first-order valence-electron chi connectivity index (χ1n) is 6.24. The second-order valence-corrected chi connectivity index (χ2v) is 4.73. The molecule has 2 aromatic rings. The third-order valence-electron chi connectivity index (χ3n) is 3.09. The number of rotatable bonds is 3. The molecular weight excluding hydrogens is 269 g/mol. The Labute approximate surface area is 114 Å². The van der Waals surface area contributed by atoms with Gasteiger partial charge in [0.05, 0.1) is 0 Å². The molecular formula is C14H15F3N2O. The standard InChI is InChI=1S/C14H15F3N2O/c1-3-9-4-5-10-7-12(18-11(10)6-9)13(20)19(2)8-14(15,16)17/h4-7,18H,3,8H2,1-2H3. The number of alkyl halides is 3. The van der Waals surface area contributed by atoms with Gasteiger partial charge < -0.3 is 9.88 Å². The third-order valence-corrected chi connectivity index (χ3v) is 3.09. The van der Waals surface area contributed by atoms with E-state index in [0.717, 1.165) is 29.9 Å². The lowest BCUT2D eigenvalue weighted by Gasteiger charge is -2.17. The Morgan fingerprint density at radius 2 is 2.00 bits per heavy atom. The van der Waals surface area contributed by atoms with Crippen molar-refractivity contribution in [2.75, 3.05) is 13.6 Å². The smallest absolute Gasteiger partial charge is 0.351 e. The maximum Gasteiger partial charge on any atom is 0.406 e. The Bertz CT molecular complexity index is 631. The zero-order valence-electron chi connectivity index (χ0n) is 11.2. The molecule has 6 heteroatoms. The Morgan fingerprint density at radius 3 is 2.60 bits per heavy atom. The van der Waals surface area contributed by atoms with Gasteiger partial charge in [-0.15, -0.1) is 0 Å². The molecule has 1 N–H and O–H groups in total. The number of H-pyrrole nitrogens is 1. The van der Waals surface area contributed by atoms with Gasteiger partial charge in [0.15, 0.2) is 0 Å². The highest BCUT2D eigenvalue weighted by Crippen LogP contribution is 2.20. The summed E-state index contributed by atoms with van der Waals surface area (Å²) >= 11 is 0. The average molecular weight is 284 g/mol. The first-order valence-corrected chi connectivity index (χ1v) is 6.24. The van der Waals surface area contributed by atoms with Gasteiger partial charge in [0, 0.05) is 18.0 Å². The molecule has 0 aliphatic carbocycles. The number of amides is 1. The van der Waals surface area contributed by atoms with E-state index in [9.17, 15) is 18.0 Å². The van der Waals surface area contributed by atoms with Crippen molar-refractivity contribution in [2.45, 2.75) is 19.5 Å². The number of fused-ring (bicyclic) bond motifs is 1. The van der Waals surface area contributed by atoms with E-state index in [2.05, 4.69) is 4.98 Å². The van der Waals surface area contributed by atoms with Crippen molar-refractivity contribution in [1.29, 1.82) is 0 Å². The minimum atomic E-state index is -4.40. The lowest BCUT2D eigenvalue weighted by atomic mass is 10.1. The molecule has 0 saturated heterocycles. The second kappa shape index (κ2) is 5.19. The van der Waals surface area contributed by atoms with Crippen LogP contribution in [0.3, 0.4) is 0 Å². The fourth-order valence-electron chi connectivity index (χ4n) is 2.06. The molecule has 0 saturated carbocycles. The molecule has 0 atom stereocenters. The molecule has 108 valence electrons. The van der Waals surface area contributed by atoms with Crippen LogP contribution in [0.2, 0.25) is 0 Å². The minimum absolute atomic E-state index is 0.167. The van der Waals surface area contributed by atoms with E-state index in [1.54, 1.807) is 6.07 Å². The van der Waals surface area contributed by atoms with Crippen LogP contribution in [0.1, 0.15) is 23.0 Å². The summed E-state index contributed by atoms with van der Waals surface area (Å²) in [6, 6.07) is 7.26. The third kappa shape index (κ3) is 3.12. The average Bonchev–Trinajstić information content (AvgIpc) is 2.78. The molecule has 1 aromatic heterocycles. The van der Waals surface area contributed by atoms with Gasteiger partial charge in [-0.25, -0.2) is 0 Å². The Hall–Kier alpha value is -1.98. The number of hydrogen-bond donors (Lipinski definition) is 1. The van der Waals surface area contributed by atoms with Crippen LogP contribution in [-0.2, 0) is 6.42 Å². The number of halogens is 3. The van der Waals surface area contributed by atoms with Gasteiger partial charge in [-0.3, -0.25) is 4.79 Å². The van der Waals surface area contributed by atoms with Crippen molar-refractivity contribution in [3.63, 3.8) is 0 Å². The lowest BCUT2D eigenvalue weighted by molar-refractivity contribution is -0.138. The van der Waals surface area contributed by atoms with Crippen molar-refractivity contribution in [3.05, 3.63) is 35.5 Å². The fraction of sp³-hybridized carbons (Fsp3) is 0.357. The molecule has 0 radical (unpaired) electrons. The lowest BCUT2D eigenvalue weighted by Crippen LogP contribution is -2.35. The summed E-state index contributed by atoms with van der Waals surface area (Å²) < 4.78 is 36.8. The number of benzene rings is 1. The predicted molar refractivity (Wildman–Crippen MR) is 70.7 cm³/mol. The highest BCUT2D eigenvalue weighted by molar-refractivity contribution is 5.98. The largest absolute Gasteiger partial charge is 0.406 e. The van der Waals surface area contributed by atoms with Gasteiger partial charge in [-0.2, -0.15) is 13.2 Å². The molecule has 0 aliphatic heterocycles. The van der Waals surface area contributed by atoms with Crippen molar-refractivity contribution >= 4 is 16.8 Å². The van der Waals surface area contributed by atoms with Crippen LogP contribution in [0, 0.1) is 0 Å². The molecule has 1 aromatic carbocycles. The number of nitrogens with zero attached hydrogens (tertiary/aromatic N) is 1. The van der Waals surface area contributed by atoms with Crippen molar-refractivity contribution in [2.24, 2.45) is 0 Å². The Balaban J connectivity index is 2.26. The SMILES string of the molecule is CCc1ccc2cc(C(=O)N(C)CC(F)(F)F)[nH]c2c1. The number of carbonyl (C=O) groups is 1. The molecule has 20 heavy (non-hydrogen) atoms. The predicted octanol–water partition coefficient (Wildman–Crippen LogP) is 3.36. The van der Waals surface area contributed by atoms with Crippen molar-refractivity contribution < 1.29 is 18.0 Å². The number of aromatic amines is 1. The van der Waals surface area contributed by atoms with Crippen LogP contribution in [0.4, 0.5) is 13.2 Å². The second-order valence-electron chi connectivity index (χ2n) is 4.73. The van der Waals surface area contributed by atoms with Crippen LogP contribution in [0.15, 0.2) is 24.3 Å². The highest BCUT2D eigenvalue weighted by Gasteiger charge is 2.31. The van der Waals surface area contributed by atoms with Crippen LogP contribution < -0.4 is 0 Å². The minimum Gasteiger partial charge on any atom is -0.351 e. The van der Waals surface area contributed by atoms with Gasteiger partial charge in [-0.05, 0) is 24.1 Å². The summed E-state index contributed by atoms with van der Waals surface area (Å²) in [6.07, 6.45) is -3.54. The van der Waals surface area contributed by atoms with E-state index >= 15 is 0 Å². The van der Waals surface area contributed by atoms with Crippen LogP contribution in [0.25, 0.3) is 10.9 Å². The van der Waals surface area contributed by atoms with Crippen LogP contribution >= 0.6 is 0 Å². The first-order chi connectivity index (χ1) is 9.30. The maximum atomic E-state index is 12.3. The molecule has 1 heterocycles. The normalized spacial score (nSPS) is 11.8. The van der Waals surface area contributed by atoms with Crippen molar-refractivity contribution in [3.8, 4) is 0 Å². The molecule has 1 amide bonds. The molecule has 0 bridgehead atoms. The number of aromatic nitrogens is 1. The summed E-state index contributed by atoms with van der Waals surface area (Å²) in [4.78, 5) is 15.5. The highest BCUT2D eigenvalue weighted by atomic mass is 19.4. The zero-order valence-corrected chi connectivity index (χ0v) is 11.2. The van der Waals surface area contributed by atoms with Crippen LogP contribution in [0.5, 0.6) is 0 Å². The van der Waals surface area contributed by atoms with E-state index in [0.29, 0.717) is 4.90 Å². The number of hydrogen-bond acceptors (Lipinski definition) is 1. The van der Waals surface area contributed by atoms with E-state index < -0.39 is 18.6 Å². The number of aryl methyl sites for hydroxylation is 1. The van der Waals surface area contributed by atoms with Gasteiger partial charge in [0.25, 0.3) is 5.91 Å². The van der Waals surface area contributed by atoms with Gasteiger partial charge in [0.2, 0.25) is 0 Å². The van der Waals surface area contributed by atoms with Crippen LogP contribution in [-0.4, -0.2) is 35.6 Å². The topological polar surface area (TPSA) is 36.1 Å². The van der Waals surface area contributed by atoms with Gasteiger partial charge in [-0.1, -0.05) is 19.1 Å². The first kappa shape index (κ1) is 14.4. The Morgan fingerprint density at radius 1 is 1.30 bits per heavy atom. The van der Waals surface area contributed by atoms with E-state index in [4.69, 9.17) is 0 Å². The maximum absolute atomic E-state index is 12.3. The summed E-state index contributed by atoms with van der Waals surface area (Å²) in [5.74, 6) is -0.670. The Kier molecular flexibility index (Phi) is 3.74. The molecule has 0 unspecified atom stereocenters. The van der Waals surface area contributed by atoms with E-state index in [1.165, 1.54) is 0 Å². The molecule has 0 aliphatic rings. The quantitative estimate of drug-likeness (QED) is 0.921. The summed E-state index contributed by atoms with van der Waals surface area (Å²) in [5, 5.41) is 0.811. The van der Waals surface area contributed by atoms with Gasteiger partial charge >= 0.3 is 6.18 Å². The monoisotopic (exact) mass is 284 g/mol. The zero-order chi connectivity index (χ0) is 14.9. The van der Waals surface area contributed by atoms with E-state index in [1.807, 2.05) is 25.1 Å². The summed E-state index contributed by atoms with van der Waals surface area (Å²) in [7, 11) is 1.14.